The zero-order valence-corrected chi connectivity index (χ0v) is 9.03. The largest absolute Gasteiger partial charge is 0.323 e. The summed E-state index contributed by atoms with van der Waals surface area (Å²) in [7, 11) is 0. The van der Waals surface area contributed by atoms with Gasteiger partial charge in [0, 0.05) is 6.04 Å². The van der Waals surface area contributed by atoms with Crippen LogP contribution in [-0.4, -0.2) is 0 Å². The molecule has 0 aliphatic heterocycles. The summed E-state index contributed by atoms with van der Waals surface area (Å²) in [6, 6.07) is 10.4. The third-order valence-corrected chi connectivity index (χ3v) is 3.59. The molecular formula is C13H16N2. The van der Waals surface area contributed by atoms with E-state index in [-0.39, 0.29) is 11.5 Å². The molecule has 1 unspecified atom stereocenters. The smallest absolute Gasteiger partial charge is 0.0766 e. The molecule has 1 saturated carbocycles. The molecule has 2 heteroatoms. The van der Waals surface area contributed by atoms with Crippen LogP contribution in [0.15, 0.2) is 24.3 Å². The highest BCUT2D eigenvalue weighted by atomic mass is 14.7. The van der Waals surface area contributed by atoms with Gasteiger partial charge < -0.3 is 5.73 Å². The lowest BCUT2D eigenvalue weighted by atomic mass is 9.63. The molecule has 1 aromatic rings. The molecule has 0 bridgehead atoms. The minimum absolute atomic E-state index is 0.127. The fourth-order valence-corrected chi connectivity index (χ4v) is 2.28. The summed E-state index contributed by atoms with van der Waals surface area (Å²) in [5.74, 6) is 0. The monoisotopic (exact) mass is 200 g/mol. The molecule has 1 aliphatic carbocycles. The maximum Gasteiger partial charge on any atom is 0.0766 e. The fourth-order valence-electron chi connectivity index (χ4n) is 2.28. The number of rotatable bonds is 2. The average molecular weight is 200 g/mol. The summed E-state index contributed by atoms with van der Waals surface area (Å²) in [6.07, 6.45) is 3.02. The van der Waals surface area contributed by atoms with E-state index in [1.54, 1.807) is 0 Å². The van der Waals surface area contributed by atoms with Gasteiger partial charge in [0.25, 0.3) is 0 Å². The van der Waals surface area contributed by atoms with Crippen LogP contribution < -0.4 is 5.73 Å². The van der Waals surface area contributed by atoms with Crippen molar-refractivity contribution in [1.82, 2.24) is 0 Å². The van der Waals surface area contributed by atoms with Crippen LogP contribution in [0.4, 0.5) is 0 Å². The van der Waals surface area contributed by atoms with Crippen LogP contribution in [0.5, 0.6) is 0 Å². The van der Waals surface area contributed by atoms with E-state index in [4.69, 9.17) is 5.73 Å². The molecule has 1 aromatic carbocycles. The molecule has 2 N–H and O–H groups in total. The molecule has 15 heavy (non-hydrogen) atoms. The van der Waals surface area contributed by atoms with Crippen LogP contribution in [0.1, 0.15) is 36.4 Å². The molecule has 1 aliphatic rings. The standard InChI is InChI=1S/C13H16N2/c1-10-5-2-3-6-11(10)12(15)13(9-14)7-4-8-13/h2-3,5-6,12H,4,7-8,15H2,1H3. The molecule has 0 amide bonds. The van der Waals surface area contributed by atoms with Gasteiger partial charge in [-0.25, -0.2) is 0 Å². The first-order chi connectivity index (χ1) is 7.19. The Hall–Kier alpha value is -1.33. The number of nitriles is 1. The van der Waals surface area contributed by atoms with Crippen molar-refractivity contribution in [2.45, 2.75) is 32.2 Å². The molecular weight excluding hydrogens is 184 g/mol. The van der Waals surface area contributed by atoms with Gasteiger partial charge in [0.2, 0.25) is 0 Å². The number of nitrogens with zero attached hydrogens (tertiary/aromatic N) is 1. The third-order valence-electron chi connectivity index (χ3n) is 3.59. The molecule has 0 spiro atoms. The molecule has 1 atom stereocenters. The van der Waals surface area contributed by atoms with Gasteiger partial charge in [0.05, 0.1) is 11.5 Å². The molecule has 2 nitrogen and oxygen atoms in total. The van der Waals surface area contributed by atoms with Gasteiger partial charge in [-0.1, -0.05) is 30.7 Å². The highest BCUT2D eigenvalue weighted by Crippen LogP contribution is 2.48. The Bertz CT molecular complexity index is 399. The Morgan fingerprint density at radius 1 is 1.40 bits per heavy atom. The van der Waals surface area contributed by atoms with E-state index in [1.165, 1.54) is 5.56 Å². The van der Waals surface area contributed by atoms with E-state index in [2.05, 4.69) is 19.1 Å². The highest BCUT2D eigenvalue weighted by molar-refractivity contribution is 5.32. The van der Waals surface area contributed by atoms with Crippen LogP contribution in [-0.2, 0) is 0 Å². The van der Waals surface area contributed by atoms with Crippen LogP contribution in [0, 0.1) is 23.7 Å². The highest BCUT2D eigenvalue weighted by Gasteiger charge is 2.43. The quantitative estimate of drug-likeness (QED) is 0.798. The second-order valence-electron chi connectivity index (χ2n) is 4.46. The van der Waals surface area contributed by atoms with E-state index in [0.717, 1.165) is 24.8 Å². The summed E-state index contributed by atoms with van der Waals surface area (Å²) < 4.78 is 0. The number of hydrogen-bond acceptors (Lipinski definition) is 2. The average Bonchev–Trinajstić information content (AvgIpc) is 2.17. The topological polar surface area (TPSA) is 49.8 Å². The Balaban J connectivity index is 2.32. The van der Waals surface area contributed by atoms with Gasteiger partial charge in [-0.2, -0.15) is 5.26 Å². The van der Waals surface area contributed by atoms with Gasteiger partial charge in [0.1, 0.15) is 0 Å². The Kier molecular flexibility index (Phi) is 2.50. The lowest BCUT2D eigenvalue weighted by molar-refractivity contribution is 0.168. The normalized spacial score (nSPS) is 20.1. The molecule has 78 valence electrons. The molecule has 2 rings (SSSR count). The Labute approximate surface area is 90.7 Å². The van der Waals surface area contributed by atoms with Crippen molar-refractivity contribution in [2.24, 2.45) is 11.1 Å². The summed E-state index contributed by atoms with van der Waals surface area (Å²) in [5.41, 5.74) is 8.24. The molecule has 0 radical (unpaired) electrons. The SMILES string of the molecule is Cc1ccccc1C(N)C1(C#N)CCC1. The lowest BCUT2D eigenvalue weighted by Crippen LogP contribution is -2.39. The number of aryl methyl sites for hydroxylation is 1. The summed E-state index contributed by atoms with van der Waals surface area (Å²) >= 11 is 0. The molecule has 0 aromatic heterocycles. The number of hydrogen-bond donors (Lipinski definition) is 1. The Morgan fingerprint density at radius 2 is 2.07 bits per heavy atom. The second kappa shape index (κ2) is 3.67. The zero-order valence-electron chi connectivity index (χ0n) is 9.03. The van der Waals surface area contributed by atoms with Crippen molar-refractivity contribution < 1.29 is 0 Å². The second-order valence-corrected chi connectivity index (χ2v) is 4.46. The fraction of sp³-hybridized carbons (Fsp3) is 0.462. The van der Waals surface area contributed by atoms with Crippen molar-refractivity contribution in [2.75, 3.05) is 0 Å². The van der Waals surface area contributed by atoms with Crippen LogP contribution in [0.2, 0.25) is 0 Å². The molecule has 1 fully saturated rings. The van der Waals surface area contributed by atoms with Crippen LogP contribution in [0.25, 0.3) is 0 Å². The van der Waals surface area contributed by atoms with Gasteiger partial charge in [-0.15, -0.1) is 0 Å². The predicted molar refractivity (Wildman–Crippen MR) is 60.0 cm³/mol. The van der Waals surface area contributed by atoms with Gasteiger partial charge >= 0.3 is 0 Å². The van der Waals surface area contributed by atoms with Gasteiger partial charge in [0.15, 0.2) is 0 Å². The molecule has 0 saturated heterocycles. The Morgan fingerprint density at radius 3 is 2.53 bits per heavy atom. The molecule has 0 heterocycles. The number of benzene rings is 1. The summed E-state index contributed by atoms with van der Waals surface area (Å²) in [6.45, 7) is 2.05. The van der Waals surface area contributed by atoms with Gasteiger partial charge in [-0.3, -0.25) is 0 Å². The number of nitrogens with two attached hydrogens (primary N) is 1. The van der Waals surface area contributed by atoms with E-state index in [1.807, 2.05) is 18.2 Å². The van der Waals surface area contributed by atoms with Crippen molar-refractivity contribution in [1.29, 1.82) is 5.26 Å². The maximum atomic E-state index is 9.23. The van der Waals surface area contributed by atoms with Crippen LogP contribution >= 0.6 is 0 Å². The lowest BCUT2D eigenvalue weighted by Gasteiger charge is -2.40. The predicted octanol–water partition coefficient (Wildman–Crippen LogP) is 2.69. The first kappa shape index (κ1) is 10.2. The van der Waals surface area contributed by atoms with Crippen LogP contribution in [0.3, 0.4) is 0 Å². The zero-order chi connectivity index (χ0) is 10.9. The summed E-state index contributed by atoms with van der Waals surface area (Å²) in [4.78, 5) is 0. The van der Waals surface area contributed by atoms with E-state index >= 15 is 0 Å². The first-order valence-corrected chi connectivity index (χ1v) is 5.42. The minimum Gasteiger partial charge on any atom is -0.323 e. The van der Waals surface area contributed by atoms with Crippen molar-refractivity contribution >= 4 is 0 Å². The van der Waals surface area contributed by atoms with Crippen molar-refractivity contribution in [3.05, 3.63) is 35.4 Å². The first-order valence-electron chi connectivity index (χ1n) is 5.42. The van der Waals surface area contributed by atoms with Gasteiger partial charge in [-0.05, 0) is 30.9 Å². The third kappa shape index (κ3) is 1.53. The van der Waals surface area contributed by atoms with E-state index in [0.29, 0.717) is 0 Å². The van der Waals surface area contributed by atoms with E-state index in [9.17, 15) is 5.26 Å². The van der Waals surface area contributed by atoms with Crippen molar-refractivity contribution in [3.63, 3.8) is 0 Å². The van der Waals surface area contributed by atoms with E-state index < -0.39 is 0 Å². The summed E-state index contributed by atoms with van der Waals surface area (Å²) in [5, 5.41) is 9.23. The minimum atomic E-state index is -0.299. The maximum absolute atomic E-state index is 9.23. The van der Waals surface area contributed by atoms with Crippen molar-refractivity contribution in [3.8, 4) is 6.07 Å².